The summed E-state index contributed by atoms with van der Waals surface area (Å²) in [6.45, 7) is 0.310. The Morgan fingerprint density at radius 1 is 1.59 bits per heavy atom. The van der Waals surface area contributed by atoms with Gasteiger partial charge in [0, 0.05) is 19.0 Å². The van der Waals surface area contributed by atoms with Crippen molar-refractivity contribution in [1.29, 1.82) is 0 Å². The topological polar surface area (TPSA) is 88.2 Å². The van der Waals surface area contributed by atoms with Crippen molar-refractivity contribution >= 4 is 38.9 Å². The van der Waals surface area contributed by atoms with Gasteiger partial charge in [0.15, 0.2) is 8.68 Å². The summed E-state index contributed by atoms with van der Waals surface area (Å²) in [6.07, 6.45) is 2.05. The summed E-state index contributed by atoms with van der Waals surface area (Å²) >= 11 is 6.49. The van der Waals surface area contributed by atoms with Crippen molar-refractivity contribution < 1.29 is 13.2 Å². The van der Waals surface area contributed by atoms with E-state index in [4.69, 9.17) is 11.6 Å². The van der Waals surface area contributed by atoms with Gasteiger partial charge in [0.2, 0.25) is 5.91 Å². The summed E-state index contributed by atoms with van der Waals surface area (Å²) < 4.78 is 26.5. The van der Waals surface area contributed by atoms with E-state index in [1.807, 2.05) is 0 Å². The number of piperidine rings is 1. The molecule has 0 aromatic carbocycles. The number of amides is 1. The molecule has 1 aliphatic rings. The molecule has 1 aliphatic heterocycles. The minimum atomic E-state index is -3.59. The molecule has 1 amide bonds. The predicted octanol–water partition coefficient (Wildman–Crippen LogP) is 0.353. The molecule has 2 N–H and O–H groups in total. The van der Waals surface area contributed by atoms with E-state index < -0.39 is 10.0 Å². The molecule has 0 aliphatic carbocycles. The number of carbonyl (C=O) groups excluding carboxylic acids is 1. The van der Waals surface area contributed by atoms with Gasteiger partial charge >= 0.3 is 0 Å². The third kappa shape index (κ3) is 3.15. The number of aromatic nitrogens is 1. The first-order valence-corrected chi connectivity index (χ1v) is 7.55. The average molecular weight is 296 g/mol. The van der Waals surface area contributed by atoms with Crippen molar-refractivity contribution in [1.82, 2.24) is 15.0 Å². The van der Waals surface area contributed by atoms with Gasteiger partial charge in [0.25, 0.3) is 10.0 Å². The van der Waals surface area contributed by atoms with Crippen LogP contribution in [0.3, 0.4) is 0 Å². The van der Waals surface area contributed by atoms with Gasteiger partial charge in [0.1, 0.15) is 0 Å². The minimum absolute atomic E-state index is 0.0544. The summed E-state index contributed by atoms with van der Waals surface area (Å²) in [5.41, 5.74) is 0. The molecule has 0 saturated carbocycles. The second kappa shape index (κ2) is 4.89. The fourth-order valence-corrected chi connectivity index (χ4v) is 4.05. The third-order valence-electron chi connectivity index (χ3n) is 2.31. The van der Waals surface area contributed by atoms with Crippen LogP contribution < -0.4 is 10.0 Å². The lowest BCUT2D eigenvalue weighted by Gasteiger charge is -2.22. The normalized spacial score (nSPS) is 21.2. The third-order valence-corrected chi connectivity index (χ3v) is 5.40. The summed E-state index contributed by atoms with van der Waals surface area (Å²) in [6, 6.07) is -0.279. The Labute approximate surface area is 107 Å². The highest BCUT2D eigenvalue weighted by Crippen LogP contribution is 2.22. The van der Waals surface area contributed by atoms with Crippen LogP contribution in [0.15, 0.2) is 10.4 Å². The standard InChI is InChI=1S/C8H10ClN3O3S2/c9-8-11-4-7(16-8)17(14,15)12-5-1-2-6(13)10-3-5/h4-5,12H,1-3H2,(H,10,13). The fourth-order valence-electron chi connectivity index (χ4n) is 1.47. The van der Waals surface area contributed by atoms with E-state index in [0.29, 0.717) is 19.4 Å². The first-order chi connectivity index (χ1) is 7.97. The molecule has 2 rings (SSSR count). The number of hydrogen-bond acceptors (Lipinski definition) is 5. The number of halogens is 1. The first kappa shape index (κ1) is 12.7. The molecule has 94 valence electrons. The summed E-state index contributed by atoms with van der Waals surface area (Å²) in [5, 5.41) is 2.61. The Hall–Kier alpha value is -0.700. The van der Waals surface area contributed by atoms with E-state index in [2.05, 4.69) is 15.0 Å². The number of rotatable bonds is 3. The maximum absolute atomic E-state index is 11.9. The molecule has 17 heavy (non-hydrogen) atoms. The van der Waals surface area contributed by atoms with Gasteiger partial charge in [-0.15, -0.1) is 0 Å². The summed E-state index contributed by atoms with van der Waals surface area (Å²) in [7, 11) is -3.59. The lowest BCUT2D eigenvalue weighted by Crippen LogP contribution is -2.47. The molecule has 1 aromatic heterocycles. The number of carbonyl (C=O) groups is 1. The smallest absolute Gasteiger partial charge is 0.252 e. The average Bonchev–Trinajstić information content (AvgIpc) is 2.69. The number of thiazole rings is 1. The number of sulfonamides is 1. The summed E-state index contributed by atoms with van der Waals surface area (Å²) in [4.78, 5) is 14.6. The zero-order chi connectivity index (χ0) is 12.5. The molecule has 6 nitrogen and oxygen atoms in total. The Morgan fingerprint density at radius 3 is 2.88 bits per heavy atom. The van der Waals surface area contributed by atoms with Crippen molar-refractivity contribution in [2.75, 3.05) is 6.54 Å². The zero-order valence-corrected chi connectivity index (χ0v) is 11.0. The largest absolute Gasteiger partial charge is 0.355 e. The van der Waals surface area contributed by atoms with Crippen LogP contribution in [-0.4, -0.2) is 31.9 Å². The van der Waals surface area contributed by atoms with Gasteiger partial charge in [-0.3, -0.25) is 4.79 Å². The maximum atomic E-state index is 11.9. The van der Waals surface area contributed by atoms with Gasteiger partial charge in [-0.25, -0.2) is 18.1 Å². The quantitative estimate of drug-likeness (QED) is 0.842. The van der Waals surface area contributed by atoms with Crippen molar-refractivity contribution in [2.45, 2.75) is 23.1 Å². The van der Waals surface area contributed by atoms with Crippen LogP contribution in [0.5, 0.6) is 0 Å². The highest BCUT2D eigenvalue weighted by Gasteiger charge is 2.25. The molecular formula is C8H10ClN3O3S2. The molecule has 0 spiro atoms. The van der Waals surface area contributed by atoms with Gasteiger partial charge < -0.3 is 5.32 Å². The van der Waals surface area contributed by atoms with Crippen molar-refractivity contribution in [3.05, 3.63) is 10.7 Å². The molecule has 9 heteroatoms. The molecule has 0 radical (unpaired) electrons. The van der Waals surface area contributed by atoms with Crippen LogP contribution in [-0.2, 0) is 14.8 Å². The number of hydrogen-bond donors (Lipinski definition) is 2. The molecule has 1 saturated heterocycles. The minimum Gasteiger partial charge on any atom is -0.355 e. The first-order valence-electron chi connectivity index (χ1n) is 4.88. The molecule has 1 aromatic rings. The van der Waals surface area contributed by atoms with Gasteiger partial charge in [-0.05, 0) is 6.42 Å². The second-order valence-corrected chi connectivity index (χ2v) is 7.15. The van der Waals surface area contributed by atoms with E-state index in [1.54, 1.807) is 0 Å². The SMILES string of the molecule is O=C1CCC(NS(=O)(=O)c2cnc(Cl)s2)CN1. The van der Waals surface area contributed by atoms with Crippen molar-refractivity contribution in [3.8, 4) is 0 Å². The van der Waals surface area contributed by atoms with E-state index >= 15 is 0 Å². The van der Waals surface area contributed by atoms with Crippen LogP contribution in [0.25, 0.3) is 0 Å². The molecule has 1 fully saturated rings. The van der Waals surface area contributed by atoms with Crippen LogP contribution in [0.1, 0.15) is 12.8 Å². The van der Waals surface area contributed by atoms with Crippen LogP contribution in [0, 0.1) is 0 Å². The van der Waals surface area contributed by atoms with Crippen LogP contribution in [0.2, 0.25) is 4.47 Å². The van der Waals surface area contributed by atoms with E-state index in [0.717, 1.165) is 11.3 Å². The Kier molecular flexibility index (Phi) is 3.67. The number of nitrogens with one attached hydrogen (secondary N) is 2. The second-order valence-electron chi connectivity index (χ2n) is 3.59. The van der Waals surface area contributed by atoms with E-state index in [9.17, 15) is 13.2 Å². The molecular weight excluding hydrogens is 286 g/mol. The van der Waals surface area contributed by atoms with Crippen molar-refractivity contribution in [2.24, 2.45) is 0 Å². The summed E-state index contributed by atoms with van der Waals surface area (Å²) in [5.74, 6) is -0.0544. The monoisotopic (exact) mass is 295 g/mol. The molecule has 1 unspecified atom stereocenters. The van der Waals surface area contributed by atoms with E-state index in [-0.39, 0.29) is 20.6 Å². The Morgan fingerprint density at radius 2 is 2.35 bits per heavy atom. The fraction of sp³-hybridized carbons (Fsp3) is 0.500. The predicted molar refractivity (Wildman–Crippen MR) is 63.5 cm³/mol. The van der Waals surface area contributed by atoms with Crippen LogP contribution in [0.4, 0.5) is 0 Å². The van der Waals surface area contributed by atoms with Crippen LogP contribution >= 0.6 is 22.9 Å². The highest BCUT2D eigenvalue weighted by molar-refractivity contribution is 7.91. The van der Waals surface area contributed by atoms with Crippen molar-refractivity contribution in [3.63, 3.8) is 0 Å². The molecule has 1 atom stereocenters. The Bertz CT molecular complexity index is 518. The highest BCUT2D eigenvalue weighted by atomic mass is 35.5. The lowest BCUT2D eigenvalue weighted by molar-refractivity contribution is -0.122. The van der Waals surface area contributed by atoms with Gasteiger partial charge in [-0.2, -0.15) is 0 Å². The number of nitrogens with zero attached hydrogens (tertiary/aromatic N) is 1. The van der Waals surface area contributed by atoms with Gasteiger partial charge in [-0.1, -0.05) is 22.9 Å². The molecule has 0 bridgehead atoms. The molecule has 2 heterocycles. The maximum Gasteiger partial charge on any atom is 0.252 e. The zero-order valence-electron chi connectivity index (χ0n) is 8.64. The van der Waals surface area contributed by atoms with E-state index in [1.165, 1.54) is 6.20 Å². The lowest BCUT2D eigenvalue weighted by atomic mass is 10.1. The Balaban J connectivity index is 2.05. The van der Waals surface area contributed by atoms with Gasteiger partial charge in [0.05, 0.1) is 6.20 Å².